The second-order valence-corrected chi connectivity index (χ2v) is 4.79. The van der Waals surface area contributed by atoms with Gasteiger partial charge in [-0.05, 0) is 13.0 Å². The van der Waals surface area contributed by atoms with Crippen molar-refractivity contribution in [2.24, 2.45) is 0 Å². The van der Waals surface area contributed by atoms with E-state index in [0.29, 0.717) is 6.54 Å². The fraction of sp³-hybridized carbons (Fsp3) is 0.286. The van der Waals surface area contributed by atoms with Crippen molar-refractivity contribution >= 4 is 28.9 Å². The quantitative estimate of drug-likeness (QED) is 0.339. The molecule has 0 heterocycles. The van der Waals surface area contributed by atoms with Crippen LogP contribution < -0.4 is 5.32 Å². The van der Waals surface area contributed by atoms with Gasteiger partial charge >= 0.3 is 0 Å². The number of rotatable bonds is 7. The lowest BCUT2D eigenvalue weighted by atomic mass is 10.2. The summed E-state index contributed by atoms with van der Waals surface area (Å²) >= 11 is 5.89. The van der Waals surface area contributed by atoms with Crippen LogP contribution >= 0.6 is 11.6 Å². The summed E-state index contributed by atoms with van der Waals surface area (Å²) < 4.78 is 0. The van der Waals surface area contributed by atoms with Crippen LogP contribution in [0.3, 0.4) is 0 Å². The first-order chi connectivity index (χ1) is 10.9. The van der Waals surface area contributed by atoms with Gasteiger partial charge in [0.1, 0.15) is 11.6 Å². The fourth-order valence-electron chi connectivity index (χ4n) is 1.68. The predicted molar refractivity (Wildman–Crippen MR) is 84.8 cm³/mol. The maximum Gasteiger partial charge on any atom is 0.271 e. The highest BCUT2D eigenvalue weighted by molar-refractivity contribution is 6.34. The molecule has 0 radical (unpaired) electrons. The van der Waals surface area contributed by atoms with Gasteiger partial charge < -0.3 is 15.3 Å². The third-order valence-corrected chi connectivity index (χ3v) is 3.21. The molecular formula is C14H15ClN4O4. The number of carbonyl (C=O) groups is 1. The SMILES string of the molecule is CCN(/C=C(/C#N)C(=O)Nc1cc([N+](=O)[O-])ccc1Cl)CCO. The summed E-state index contributed by atoms with van der Waals surface area (Å²) in [7, 11) is 0. The van der Waals surface area contributed by atoms with E-state index >= 15 is 0 Å². The number of anilines is 1. The van der Waals surface area contributed by atoms with Crippen molar-refractivity contribution in [1.29, 1.82) is 5.26 Å². The molecule has 0 aliphatic heterocycles. The average Bonchev–Trinajstić information content (AvgIpc) is 2.53. The van der Waals surface area contributed by atoms with E-state index in [-0.39, 0.29) is 35.1 Å². The van der Waals surface area contributed by atoms with Gasteiger partial charge in [-0.15, -0.1) is 0 Å². The van der Waals surface area contributed by atoms with Gasteiger partial charge in [0.15, 0.2) is 0 Å². The number of hydrogen-bond donors (Lipinski definition) is 2. The number of halogens is 1. The lowest BCUT2D eigenvalue weighted by molar-refractivity contribution is -0.384. The first-order valence-electron chi connectivity index (χ1n) is 6.65. The molecule has 0 saturated heterocycles. The van der Waals surface area contributed by atoms with E-state index in [0.717, 1.165) is 6.07 Å². The Hall–Kier alpha value is -2.63. The maximum atomic E-state index is 12.1. The summed E-state index contributed by atoms with van der Waals surface area (Å²) in [6.07, 6.45) is 1.32. The molecule has 122 valence electrons. The van der Waals surface area contributed by atoms with Crippen LogP contribution in [-0.4, -0.2) is 40.5 Å². The minimum atomic E-state index is -0.744. The average molecular weight is 339 g/mol. The third-order valence-electron chi connectivity index (χ3n) is 2.88. The van der Waals surface area contributed by atoms with Crippen molar-refractivity contribution in [2.45, 2.75) is 6.92 Å². The highest BCUT2D eigenvalue weighted by Gasteiger charge is 2.15. The molecule has 0 aliphatic carbocycles. The second-order valence-electron chi connectivity index (χ2n) is 4.38. The third kappa shape index (κ3) is 5.25. The second kappa shape index (κ2) is 8.73. The summed E-state index contributed by atoms with van der Waals surface area (Å²) in [6, 6.07) is 5.36. The monoisotopic (exact) mass is 338 g/mol. The van der Waals surface area contributed by atoms with Gasteiger partial charge in [0, 0.05) is 31.4 Å². The van der Waals surface area contributed by atoms with Crippen LogP contribution in [0.5, 0.6) is 0 Å². The Morgan fingerprint density at radius 2 is 2.30 bits per heavy atom. The molecule has 23 heavy (non-hydrogen) atoms. The molecule has 0 atom stereocenters. The number of aliphatic hydroxyl groups is 1. The Balaban J connectivity index is 3.01. The van der Waals surface area contributed by atoms with E-state index in [9.17, 15) is 14.9 Å². The van der Waals surface area contributed by atoms with Crippen LogP contribution in [0.1, 0.15) is 6.92 Å². The van der Waals surface area contributed by atoms with Crippen LogP contribution in [0, 0.1) is 21.4 Å². The molecule has 0 aromatic heterocycles. The number of hydrogen-bond acceptors (Lipinski definition) is 6. The van der Waals surface area contributed by atoms with Crippen molar-refractivity contribution in [3.63, 3.8) is 0 Å². The van der Waals surface area contributed by atoms with E-state index < -0.39 is 10.8 Å². The van der Waals surface area contributed by atoms with Crippen molar-refractivity contribution < 1.29 is 14.8 Å². The van der Waals surface area contributed by atoms with Crippen LogP contribution in [-0.2, 0) is 4.79 Å². The summed E-state index contributed by atoms with van der Waals surface area (Å²) in [4.78, 5) is 23.8. The molecule has 1 amide bonds. The largest absolute Gasteiger partial charge is 0.395 e. The number of likely N-dealkylation sites (N-methyl/N-ethyl adjacent to an activating group) is 1. The van der Waals surface area contributed by atoms with Crippen LogP contribution in [0.25, 0.3) is 0 Å². The van der Waals surface area contributed by atoms with E-state index in [4.69, 9.17) is 22.0 Å². The van der Waals surface area contributed by atoms with Crippen LogP contribution in [0.2, 0.25) is 5.02 Å². The fourth-order valence-corrected chi connectivity index (χ4v) is 1.84. The topological polar surface area (TPSA) is 120 Å². The molecule has 0 saturated carbocycles. The van der Waals surface area contributed by atoms with Gasteiger partial charge in [-0.1, -0.05) is 11.6 Å². The van der Waals surface area contributed by atoms with Crippen molar-refractivity contribution in [3.05, 3.63) is 45.1 Å². The Labute approximate surface area is 137 Å². The zero-order valence-corrected chi connectivity index (χ0v) is 13.1. The Kier molecular flexibility index (Phi) is 6.99. The molecule has 0 unspecified atom stereocenters. The molecule has 1 rings (SSSR count). The number of non-ortho nitro benzene ring substituents is 1. The van der Waals surface area contributed by atoms with Crippen molar-refractivity contribution in [2.75, 3.05) is 25.0 Å². The van der Waals surface area contributed by atoms with E-state index in [1.807, 2.05) is 0 Å². The lowest BCUT2D eigenvalue weighted by Crippen LogP contribution is -2.23. The lowest BCUT2D eigenvalue weighted by Gasteiger charge is -2.17. The number of nitro benzene ring substituents is 1. The normalized spacial score (nSPS) is 10.8. The molecule has 0 bridgehead atoms. The van der Waals surface area contributed by atoms with Gasteiger partial charge in [0.25, 0.3) is 11.6 Å². The number of nitriles is 1. The first kappa shape index (κ1) is 18.4. The van der Waals surface area contributed by atoms with Crippen molar-refractivity contribution in [3.8, 4) is 6.07 Å². The van der Waals surface area contributed by atoms with E-state index in [2.05, 4.69) is 5.32 Å². The highest BCUT2D eigenvalue weighted by Crippen LogP contribution is 2.27. The highest BCUT2D eigenvalue weighted by atomic mass is 35.5. The number of nitro groups is 1. The minimum absolute atomic E-state index is 0.0391. The van der Waals surface area contributed by atoms with Gasteiger partial charge in [0.2, 0.25) is 0 Å². The number of amides is 1. The molecule has 0 spiro atoms. The molecule has 2 N–H and O–H groups in total. The summed E-state index contributed by atoms with van der Waals surface area (Å²) in [5, 5.41) is 31.2. The summed E-state index contributed by atoms with van der Waals surface area (Å²) in [5.74, 6) is -0.744. The van der Waals surface area contributed by atoms with Gasteiger partial charge in [-0.2, -0.15) is 5.26 Å². The zero-order valence-electron chi connectivity index (χ0n) is 12.3. The van der Waals surface area contributed by atoms with Crippen LogP contribution in [0.4, 0.5) is 11.4 Å². The molecule has 0 aliphatic rings. The molecule has 8 nitrogen and oxygen atoms in total. The van der Waals surface area contributed by atoms with Gasteiger partial charge in [-0.25, -0.2) is 0 Å². The van der Waals surface area contributed by atoms with E-state index in [1.54, 1.807) is 17.9 Å². The Bertz CT molecular complexity index is 669. The smallest absolute Gasteiger partial charge is 0.271 e. The predicted octanol–water partition coefficient (Wildman–Crippen LogP) is 1.91. The van der Waals surface area contributed by atoms with Crippen LogP contribution in [0.15, 0.2) is 30.0 Å². The maximum absolute atomic E-state index is 12.1. The van der Waals surface area contributed by atoms with Gasteiger partial charge in [-0.3, -0.25) is 14.9 Å². The standard InChI is InChI=1S/C14H15ClN4O4/c1-2-18(5-6-20)9-10(8-16)14(21)17-13-7-11(19(22)23)3-4-12(13)15/h3-4,7,9,20H,2,5-6H2,1H3,(H,17,21)/b10-9-. The number of nitrogens with one attached hydrogen (secondary N) is 1. The minimum Gasteiger partial charge on any atom is -0.395 e. The Morgan fingerprint density at radius 1 is 1.61 bits per heavy atom. The number of nitrogens with zero attached hydrogens (tertiary/aromatic N) is 3. The Morgan fingerprint density at radius 3 is 2.83 bits per heavy atom. The molecule has 1 aromatic rings. The summed E-state index contributed by atoms with van der Waals surface area (Å²) in [5.41, 5.74) is -0.400. The molecule has 0 fully saturated rings. The number of carbonyl (C=O) groups excluding carboxylic acids is 1. The molecule has 9 heteroatoms. The first-order valence-corrected chi connectivity index (χ1v) is 7.02. The molecular weight excluding hydrogens is 324 g/mol. The van der Waals surface area contributed by atoms with Crippen molar-refractivity contribution in [1.82, 2.24) is 4.90 Å². The van der Waals surface area contributed by atoms with E-state index in [1.165, 1.54) is 18.3 Å². The van der Waals surface area contributed by atoms with Gasteiger partial charge in [0.05, 0.1) is 22.2 Å². The zero-order chi connectivity index (χ0) is 17.4. The summed E-state index contributed by atoms with van der Waals surface area (Å²) in [6.45, 7) is 2.45. The number of aliphatic hydroxyl groups excluding tert-OH is 1. The number of benzene rings is 1. The molecule has 1 aromatic carbocycles.